The van der Waals surface area contributed by atoms with Crippen molar-refractivity contribution in [2.24, 2.45) is 12.0 Å². The van der Waals surface area contributed by atoms with Crippen LogP contribution in [0.1, 0.15) is 24.0 Å². The van der Waals surface area contributed by atoms with Gasteiger partial charge in [0, 0.05) is 44.7 Å². The van der Waals surface area contributed by atoms with Gasteiger partial charge >= 0.3 is 0 Å². The normalized spacial score (nSPS) is 19.6. The van der Waals surface area contributed by atoms with Crippen LogP contribution < -0.4 is 5.32 Å². The van der Waals surface area contributed by atoms with Crippen LogP contribution in [-0.4, -0.2) is 65.3 Å². The van der Waals surface area contributed by atoms with Crippen LogP contribution in [-0.2, 0) is 16.6 Å². The minimum Gasteiger partial charge on any atom is -0.378 e. The largest absolute Gasteiger partial charge is 0.378 e. The highest BCUT2D eigenvalue weighted by Crippen LogP contribution is 2.30. The Balaban J connectivity index is 1.47. The summed E-state index contributed by atoms with van der Waals surface area (Å²) < 4.78 is 22.3. The lowest BCUT2D eigenvalue weighted by molar-refractivity contribution is -0.138. The van der Waals surface area contributed by atoms with Crippen molar-refractivity contribution in [2.75, 3.05) is 26.3 Å². The van der Waals surface area contributed by atoms with Crippen molar-refractivity contribution in [3.05, 3.63) is 47.5 Å². The van der Waals surface area contributed by atoms with Gasteiger partial charge in [-0.2, -0.15) is 5.10 Å². The molecule has 1 amide bonds. The fourth-order valence-electron chi connectivity index (χ4n) is 3.95. The molecule has 0 bridgehead atoms. The van der Waals surface area contributed by atoms with E-state index in [1.165, 1.54) is 0 Å². The first kappa shape index (κ1) is 21.4. The summed E-state index contributed by atoms with van der Waals surface area (Å²) in [7, 11) is 1.87. The van der Waals surface area contributed by atoms with E-state index < -0.39 is 11.6 Å². The molecule has 0 radical (unpaired) electrons. The van der Waals surface area contributed by atoms with Gasteiger partial charge in [0.15, 0.2) is 5.67 Å². The molecule has 2 saturated heterocycles. The summed E-state index contributed by atoms with van der Waals surface area (Å²) in [6, 6.07) is 6.36. The molecule has 2 aliphatic heterocycles. The van der Waals surface area contributed by atoms with E-state index in [2.05, 4.69) is 27.0 Å². The Morgan fingerprint density at radius 1 is 1.35 bits per heavy atom. The number of amides is 1. The van der Waals surface area contributed by atoms with Gasteiger partial charge in [0.05, 0.1) is 25.5 Å². The highest BCUT2D eigenvalue weighted by Gasteiger charge is 2.43. The molecule has 1 aromatic carbocycles. The maximum Gasteiger partial charge on any atom is 0.263 e. The summed E-state index contributed by atoms with van der Waals surface area (Å²) in [5, 5.41) is 6.86. The van der Waals surface area contributed by atoms with Gasteiger partial charge in [-0.1, -0.05) is 12.1 Å². The molecule has 1 N–H and O–H groups in total. The molecule has 2 aromatic rings. The second kappa shape index (κ2) is 8.72. The topological polar surface area (TPSA) is 71.8 Å². The Morgan fingerprint density at radius 3 is 2.68 bits per heavy atom. The summed E-state index contributed by atoms with van der Waals surface area (Å²) in [5.74, 6) is -0.417. The number of likely N-dealkylation sites (tertiary alicyclic amines) is 1. The number of carbonyl (C=O) groups is 1. The number of nitrogens with one attached hydrogen (secondary N) is 1. The lowest BCUT2D eigenvalue weighted by atomic mass is 9.91. The Morgan fingerprint density at radius 2 is 2.10 bits per heavy atom. The van der Waals surface area contributed by atoms with Crippen molar-refractivity contribution in [3.63, 3.8) is 0 Å². The van der Waals surface area contributed by atoms with Gasteiger partial charge in [-0.3, -0.25) is 14.4 Å². The minimum absolute atomic E-state index is 0.162. The van der Waals surface area contributed by atoms with Crippen LogP contribution >= 0.6 is 0 Å². The second-order valence-electron chi connectivity index (χ2n) is 8.31. The van der Waals surface area contributed by atoms with Gasteiger partial charge in [-0.15, -0.1) is 0 Å². The van der Waals surface area contributed by atoms with Crippen molar-refractivity contribution < 1.29 is 13.9 Å². The standard InChI is InChI=1S/C23H28FN5O2/c1-16-4-5-17(19-12-26-28(3)13-19)10-18(16)11-21(25-2)27-22(30)23(24)6-8-29(9-7-23)20-14-31-15-20/h4-5,10-13,20H,2,6-9,14-15H2,1,3H3,(H,27,30)/b21-11+. The summed E-state index contributed by atoms with van der Waals surface area (Å²) in [6.07, 6.45) is 5.78. The first-order chi connectivity index (χ1) is 14.9. The number of carbonyl (C=O) groups excluding carboxylic acids is 1. The fourth-order valence-corrected chi connectivity index (χ4v) is 3.95. The number of aliphatic imine (C=N–C) groups is 1. The molecule has 0 saturated carbocycles. The number of nitrogens with zero attached hydrogens (tertiary/aromatic N) is 4. The predicted octanol–water partition coefficient (Wildman–Crippen LogP) is 2.71. The molecule has 4 rings (SSSR count). The monoisotopic (exact) mass is 425 g/mol. The van der Waals surface area contributed by atoms with Crippen LogP contribution in [0.2, 0.25) is 0 Å². The average Bonchev–Trinajstić information content (AvgIpc) is 3.15. The molecule has 1 aromatic heterocycles. The van der Waals surface area contributed by atoms with E-state index in [1.54, 1.807) is 17.0 Å². The van der Waals surface area contributed by atoms with Gasteiger partial charge in [0.1, 0.15) is 5.82 Å². The van der Waals surface area contributed by atoms with E-state index in [4.69, 9.17) is 4.74 Å². The molecule has 164 valence electrons. The molecule has 7 nitrogen and oxygen atoms in total. The minimum atomic E-state index is -1.91. The van der Waals surface area contributed by atoms with Crippen LogP contribution in [0.25, 0.3) is 17.2 Å². The number of benzene rings is 1. The summed E-state index contributed by atoms with van der Waals surface area (Å²) in [6.45, 7) is 8.00. The third-order valence-corrected chi connectivity index (χ3v) is 6.16. The number of hydrogen-bond acceptors (Lipinski definition) is 5. The number of hydrogen-bond donors (Lipinski definition) is 1. The zero-order valence-corrected chi connectivity index (χ0v) is 18.0. The number of alkyl halides is 1. The molecular formula is C23H28FN5O2. The van der Waals surface area contributed by atoms with Crippen LogP contribution in [0.3, 0.4) is 0 Å². The third-order valence-electron chi connectivity index (χ3n) is 6.16. The van der Waals surface area contributed by atoms with E-state index in [0.29, 0.717) is 32.3 Å². The maximum absolute atomic E-state index is 15.4. The highest BCUT2D eigenvalue weighted by molar-refractivity contribution is 5.87. The van der Waals surface area contributed by atoms with Crippen molar-refractivity contribution in [3.8, 4) is 11.1 Å². The number of aromatic nitrogens is 2. The molecule has 31 heavy (non-hydrogen) atoms. The van der Waals surface area contributed by atoms with Gasteiger partial charge in [0.2, 0.25) is 0 Å². The number of rotatable bonds is 6. The van der Waals surface area contributed by atoms with E-state index in [0.717, 1.165) is 22.3 Å². The molecule has 8 heteroatoms. The Hall–Kier alpha value is -2.84. The number of aryl methyl sites for hydroxylation is 2. The predicted molar refractivity (Wildman–Crippen MR) is 118 cm³/mol. The van der Waals surface area contributed by atoms with E-state index >= 15 is 4.39 Å². The SMILES string of the molecule is C=N/C(=C\c1cc(-c2cnn(C)c2)ccc1C)NC(=O)C1(F)CCN(C2COC2)CC1. The van der Waals surface area contributed by atoms with Crippen LogP contribution in [0, 0.1) is 6.92 Å². The second-order valence-corrected chi connectivity index (χ2v) is 8.31. The maximum atomic E-state index is 15.4. The first-order valence-electron chi connectivity index (χ1n) is 10.5. The lowest BCUT2D eigenvalue weighted by Crippen LogP contribution is -2.57. The molecule has 0 spiro atoms. The van der Waals surface area contributed by atoms with Gasteiger partial charge < -0.3 is 10.1 Å². The Bertz CT molecular complexity index is 1000. The summed E-state index contributed by atoms with van der Waals surface area (Å²) in [4.78, 5) is 18.9. The van der Waals surface area contributed by atoms with Crippen molar-refractivity contribution in [1.82, 2.24) is 20.0 Å². The molecule has 2 aliphatic rings. The molecule has 0 unspecified atom stereocenters. The number of piperidine rings is 1. The highest BCUT2D eigenvalue weighted by atomic mass is 19.1. The number of ether oxygens (including phenoxy) is 1. The zero-order valence-electron chi connectivity index (χ0n) is 18.0. The molecule has 0 aliphatic carbocycles. The Labute approximate surface area is 181 Å². The third kappa shape index (κ3) is 4.60. The molecule has 2 fully saturated rings. The lowest BCUT2D eigenvalue weighted by Gasteiger charge is -2.42. The average molecular weight is 426 g/mol. The van der Waals surface area contributed by atoms with Crippen LogP contribution in [0.5, 0.6) is 0 Å². The molecular weight excluding hydrogens is 397 g/mol. The molecule has 0 atom stereocenters. The van der Waals surface area contributed by atoms with Crippen molar-refractivity contribution in [2.45, 2.75) is 31.5 Å². The first-order valence-corrected chi connectivity index (χ1v) is 10.5. The molecule has 3 heterocycles. The van der Waals surface area contributed by atoms with E-state index in [-0.39, 0.29) is 18.7 Å². The smallest absolute Gasteiger partial charge is 0.263 e. The van der Waals surface area contributed by atoms with Crippen LogP contribution in [0.4, 0.5) is 4.39 Å². The quantitative estimate of drug-likeness (QED) is 0.723. The summed E-state index contributed by atoms with van der Waals surface area (Å²) >= 11 is 0. The fraction of sp³-hybridized carbons (Fsp3) is 0.435. The van der Waals surface area contributed by atoms with Gasteiger partial charge in [-0.05, 0) is 42.5 Å². The number of halogens is 1. The Kier molecular flexibility index (Phi) is 6.02. The van der Waals surface area contributed by atoms with Gasteiger partial charge in [0.25, 0.3) is 5.91 Å². The van der Waals surface area contributed by atoms with Crippen LogP contribution in [0.15, 0.2) is 41.4 Å². The summed E-state index contributed by atoms with van der Waals surface area (Å²) in [5.41, 5.74) is 1.96. The zero-order chi connectivity index (χ0) is 22.0. The van der Waals surface area contributed by atoms with E-state index in [9.17, 15) is 4.79 Å². The van der Waals surface area contributed by atoms with E-state index in [1.807, 2.05) is 38.4 Å². The van der Waals surface area contributed by atoms with Crippen molar-refractivity contribution in [1.29, 1.82) is 0 Å². The van der Waals surface area contributed by atoms with Gasteiger partial charge in [-0.25, -0.2) is 9.38 Å². The van der Waals surface area contributed by atoms with Crippen molar-refractivity contribution >= 4 is 18.7 Å².